The van der Waals surface area contributed by atoms with Crippen LogP contribution in [0.25, 0.3) is 0 Å². The second kappa shape index (κ2) is 4.22. The van der Waals surface area contributed by atoms with Gasteiger partial charge in [-0.15, -0.1) is 0 Å². The van der Waals surface area contributed by atoms with Crippen LogP contribution < -0.4 is 5.32 Å². The van der Waals surface area contributed by atoms with E-state index in [4.69, 9.17) is 11.6 Å². The van der Waals surface area contributed by atoms with E-state index in [0.29, 0.717) is 12.0 Å². The van der Waals surface area contributed by atoms with Crippen LogP contribution in [0.2, 0.25) is 5.02 Å². The molecule has 1 fully saturated rings. The summed E-state index contributed by atoms with van der Waals surface area (Å²) in [4.78, 5) is 0. The maximum absolute atomic E-state index is 5.92. The molecule has 0 aliphatic heterocycles. The Hall–Kier alpha value is -0.690. The van der Waals surface area contributed by atoms with E-state index in [1.165, 1.54) is 12.8 Å². The number of hydrogen-bond acceptors (Lipinski definition) is 1. The quantitative estimate of drug-likeness (QED) is 0.781. The van der Waals surface area contributed by atoms with Gasteiger partial charge in [0, 0.05) is 16.8 Å². The number of rotatable bonds is 2. The molecule has 1 aliphatic rings. The van der Waals surface area contributed by atoms with Gasteiger partial charge in [0.05, 0.1) is 0 Å². The molecule has 0 saturated heterocycles. The van der Waals surface area contributed by atoms with E-state index >= 15 is 0 Å². The Morgan fingerprint density at radius 1 is 1.43 bits per heavy atom. The minimum atomic E-state index is 0.577. The van der Waals surface area contributed by atoms with Crippen LogP contribution in [0, 0.1) is 12.3 Å². The third kappa shape index (κ3) is 2.21. The highest BCUT2D eigenvalue weighted by Crippen LogP contribution is 2.27. The Morgan fingerprint density at radius 2 is 2.29 bits per heavy atom. The Labute approximate surface area is 90.5 Å². The second-order valence-corrected chi connectivity index (χ2v) is 4.37. The topological polar surface area (TPSA) is 12.0 Å². The summed E-state index contributed by atoms with van der Waals surface area (Å²) in [7, 11) is 0. The van der Waals surface area contributed by atoms with Gasteiger partial charge in [-0.1, -0.05) is 24.6 Å². The van der Waals surface area contributed by atoms with Gasteiger partial charge in [0.25, 0.3) is 0 Å². The average molecular weight is 209 g/mol. The number of halogens is 1. The van der Waals surface area contributed by atoms with E-state index in [0.717, 1.165) is 10.7 Å². The van der Waals surface area contributed by atoms with Gasteiger partial charge in [-0.25, -0.2) is 0 Å². The van der Waals surface area contributed by atoms with E-state index in [2.05, 4.69) is 24.7 Å². The molecule has 1 N–H and O–H groups in total. The molecule has 75 valence electrons. The van der Waals surface area contributed by atoms with Crippen molar-refractivity contribution in [3.05, 3.63) is 35.7 Å². The lowest BCUT2D eigenvalue weighted by molar-refractivity contribution is 0.610. The molecule has 0 heterocycles. The summed E-state index contributed by atoms with van der Waals surface area (Å²) < 4.78 is 0. The zero-order chi connectivity index (χ0) is 9.97. The summed E-state index contributed by atoms with van der Waals surface area (Å²) in [6, 6.07) is 8.50. The molecule has 2 atom stereocenters. The van der Waals surface area contributed by atoms with Gasteiger partial charge in [-0.2, -0.15) is 0 Å². The first-order chi connectivity index (χ1) is 6.75. The standard InChI is InChI=1S/C12H15ClN/c1-9-4-2-7-12(9)14-11-6-3-5-10(13)8-11/h3-6,8-9,12,14H,2,7H2,1H3. The van der Waals surface area contributed by atoms with Crippen molar-refractivity contribution in [1.29, 1.82) is 0 Å². The molecule has 1 aromatic carbocycles. The maximum atomic E-state index is 5.92. The maximum Gasteiger partial charge on any atom is 0.0426 e. The van der Waals surface area contributed by atoms with Crippen LogP contribution in [-0.2, 0) is 0 Å². The van der Waals surface area contributed by atoms with E-state index in [-0.39, 0.29) is 0 Å². The third-order valence-corrected chi connectivity index (χ3v) is 3.06. The summed E-state index contributed by atoms with van der Waals surface area (Å²) in [6.07, 6.45) is 4.83. The largest absolute Gasteiger partial charge is 0.382 e. The SMILES string of the molecule is CC1[CH]CCC1Nc1cccc(Cl)c1. The van der Waals surface area contributed by atoms with E-state index in [1.54, 1.807) is 0 Å². The fraction of sp³-hybridized carbons (Fsp3) is 0.417. The number of anilines is 1. The predicted octanol–water partition coefficient (Wildman–Crippen LogP) is 3.75. The summed E-state index contributed by atoms with van der Waals surface area (Å²) in [5.41, 5.74) is 1.13. The monoisotopic (exact) mass is 208 g/mol. The third-order valence-electron chi connectivity index (χ3n) is 2.83. The highest BCUT2D eigenvalue weighted by Gasteiger charge is 2.22. The summed E-state index contributed by atoms with van der Waals surface area (Å²) in [6.45, 7) is 2.26. The van der Waals surface area contributed by atoms with Gasteiger partial charge in [0.15, 0.2) is 0 Å². The van der Waals surface area contributed by atoms with Gasteiger partial charge in [-0.05, 0) is 43.4 Å². The molecule has 2 rings (SSSR count). The molecule has 0 spiro atoms. The van der Waals surface area contributed by atoms with Gasteiger partial charge in [0.1, 0.15) is 0 Å². The van der Waals surface area contributed by atoms with Gasteiger partial charge >= 0.3 is 0 Å². The van der Waals surface area contributed by atoms with Crippen molar-refractivity contribution in [1.82, 2.24) is 0 Å². The van der Waals surface area contributed by atoms with Crippen molar-refractivity contribution in [3.8, 4) is 0 Å². The van der Waals surface area contributed by atoms with E-state index < -0.39 is 0 Å². The molecule has 0 amide bonds. The van der Waals surface area contributed by atoms with Crippen molar-refractivity contribution in [3.63, 3.8) is 0 Å². The zero-order valence-corrected chi connectivity index (χ0v) is 9.09. The normalized spacial score (nSPS) is 26.4. The van der Waals surface area contributed by atoms with Crippen molar-refractivity contribution in [2.24, 2.45) is 5.92 Å². The smallest absolute Gasteiger partial charge is 0.0426 e. The zero-order valence-electron chi connectivity index (χ0n) is 8.33. The summed E-state index contributed by atoms with van der Waals surface area (Å²) in [5, 5.41) is 4.31. The van der Waals surface area contributed by atoms with Crippen LogP contribution in [0.15, 0.2) is 24.3 Å². The summed E-state index contributed by atoms with van der Waals surface area (Å²) in [5.74, 6) is 0.661. The fourth-order valence-electron chi connectivity index (χ4n) is 1.96. The van der Waals surface area contributed by atoms with Crippen LogP contribution in [0.3, 0.4) is 0 Å². The Balaban J connectivity index is 2.03. The van der Waals surface area contributed by atoms with Crippen molar-refractivity contribution >= 4 is 17.3 Å². The molecular weight excluding hydrogens is 194 g/mol. The molecule has 2 heteroatoms. The van der Waals surface area contributed by atoms with E-state index in [1.807, 2.05) is 18.2 Å². The van der Waals surface area contributed by atoms with Crippen molar-refractivity contribution < 1.29 is 0 Å². The molecule has 1 aromatic rings. The fourth-order valence-corrected chi connectivity index (χ4v) is 2.15. The number of nitrogens with one attached hydrogen (secondary N) is 1. The van der Waals surface area contributed by atoms with Gasteiger partial charge < -0.3 is 5.32 Å². The lowest BCUT2D eigenvalue weighted by atomic mass is 10.1. The molecule has 0 aromatic heterocycles. The Kier molecular flexibility index (Phi) is 2.97. The first kappa shape index (κ1) is 9.85. The van der Waals surface area contributed by atoms with Crippen molar-refractivity contribution in [2.45, 2.75) is 25.8 Å². The number of hydrogen-bond donors (Lipinski definition) is 1. The van der Waals surface area contributed by atoms with Crippen molar-refractivity contribution in [2.75, 3.05) is 5.32 Å². The van der Waals surface area contributed by atoms with Gasteiger partial charge in [0.2, 0.25) is 0 Å². The van der Waals surface area contributed by atoms with E-state index in [9.17, 15) is 0 Å². The van der Waals surface area contributed by atoms with Crippen LogP contribution >= 0.6 is 11.6 Å². The summed E-state index contributed by atoms with van der Waals surface area (Å²) >= 11 is 5.92. The van der Waals surface area contributed by atoms with Crippen LogP contribution in [0.4, 0.5) is 5.69 Å². The predicted molar refractivity (Wildman–Crippen MR) is 61.6 cm³/mol. The molecule has 1 aliphatic carbocycles. The molecule has 2 unspecified atom stereocenters. The lowest BCUT2D eigenvalue weighted by Crippen LogP contribution is -2.21. The molecule has 0 bridgehead atoms. The lowest BCUT2D eigenvalue weighted by Gasteiger charge is -2.18. The Bertz CT molecular complexity index is 311. The molecule has 14 heavy (non-hydrogen) atoms. The highest BCUT2D eigenvalue weighted by atomic mass is 35.5. The highest BCUT2D eigenvalue weighted by molar-refractivity contribution is 6.30. The molecule has 1 nitrogen and oxygen atoms in total. The molecular formula is C12H15ClN. The Morgan fingerprint density at radius 3 is 2.93 bits per heavy atom. The second-order valence-electron chi connectivity index (χ2n) is 3.93. The first-order valence-corrected chi connectivity index (χ1v) is 5.49. The minimum Gasteiger partial charge on any atom is -0.382 e. The molecule has 1 saturated carbocycles. The van der Waals surface area contributed by atoms with Gasteiger partial charge in [-0.3, -0.25) is 0 Å². The first-order valence-electron chi connectivity index (χ1n) is 5.11. The number of benzene rings is 1. The van der Waals surface area contributed by atoms with Crippen LogP contribution in [-0.4, -0.2) is 6.04 Å². The average Bonchev–Trinajstić information content (AvgIpc) is 2.52. The minimum absolute atomic E-state index is 0.577. The van der Waals surface area contributed by atoms with Crippen LogP contribution in [0.1, 0.15) is 19.8 Å². The van der Waals surface area contributed by atoms with Crippen LogP contribution in [0.5, 0.6) is 0 Å². The molecule has 1 radical (unpaired) electrons.